The van der Waals surface area contributed by atoms with Crippen molar-refractivity contribution >= 4 is 15.9 Å². The molecule has 1 N–H and O–H groups in total. The maximum absolute atomic E-state index is 5.19. The Balaban J connectivity index is 1.99. The van der Waals surface area contributed by atoms with E-state index < -0.39 is 0 Å². The number of rotatable bonds is 6. The van der Waals surface area contributed by atoms with Crippen LogP contribution in [0.2, 0.25) is 0 Å². The van der Waals surface area contributed by atoms with Gasteiger partial charge in [-0.2, -0.15) is 0 Å². The van der Waals surface area contributed by atoms with Crippen LogP contribution in [-0.4, -0.2) is 20.2 Å². The number of nitrogens with one attached hydrogen (secondary N) is 1. The molecule has 3 heteroatoms. The van der Waals surface area contributed by atoms with E-state index in [-0.39, 0.29) is 0 Å². The minimum Gasteiger partial charge on any atom is -0.497 e. The molecule has 0 aliphatic carbocycles. The second-order valence-corrected chi connectivity index (χ2v) is 5.78. The second kappa shape index (κ2) is 7.46. The van der Waals surface area contributed by atoms with Crippen molar-refractivity contribution in [3.05, 3.63) is 64.1 Å². The Hall–Kier alpha value is -1.32. The van der Waals surface area contributed by atoms with Crippen molar-refractivity contribution in [2.45, 2.75) is 18.9 Å². The van der Waals surface area contributed by atoms with Crippen LogP contribution in [-0.2, 0) is 12.8 Å². The number of methoxy groups -OCH3 is 1. The van der Waals surface area contributed by atoms with Crippen LogP contribution in [0.15, 0.2) is 53.0 Å². The summed E-state index contributed by atoms with van der Waals surface area (Å²) in [6, 6.07) is 17.2. The summed E-state index contributed by atoms with van der Waals surface area (Å²) >= 11 is 3.47. The third-order valence-electron chi connectivity index (χ3n) is 3.44. The predicted molar refractivity (Wildman–Crippen MR) is 87.4 cm³/mol. The molecule has 0 spiro atoms. The van der Waals surface area contributed by atoms with Crippen LogP contribution in [0.1, 0.15) is 11.1 Å². The van der Waals surface area contributed by atoms with Gasteiger partial charge in [-0.25, -0.2) is 0 Å². The number of ether oxygens (including phenoxy) is 1. The summed E-state index contributed by atoms with van der Waals surface area (Å²) in [7, 11) is 3.71. The first-order valence-electron chi connectivity index (χ1n) is 6.76. The van der Waals surface area contributed by atoms with Crippen LogP contribution in [0.3, 0.4) is 0 Å². The summed E-state index contributed by atoms with van der Waals surface area (Å²) in [4.78, 5) is 0. The van der Waals surface area contributed by atoms with E-state index in [1.54, 1.807) is 7.11 Å². The molecule has 0 aromatic heterocycles. The molecule has 0 radical (unpaired) electrons. The number of benzene rings is 2. The van der Waals surface area contributed by atoms with Gasteiger partial charge in [0.15, 0.2) is 0 Å². The van der Waals surface area contributed by atoms with E-state index in [9.17, 15) is 0 Å². The Morgan fingerprint density at radius 1 is 0.950 bits per heavy atom. The van der Waals surface area contributed by atoms with Crippen LogP contribution < -0.4 is 10.1 Å². The maximum atomic E-state index is 5.19. The van der Waals surface area contributed by atoms with E-state index >= 15 is 0 Å². The highest BCUT2D eigenvalue weighted by molar-refractivity contribution is 9.10. The molecule has 2 nitrogen and oxygen atoms in total. The fourth-order valence-electron chi connectivity index (χ4n) is 2.23. The van der Waals surface area contributed by atoms with Gasteiger partial charge in [-0.15, -0.1) is 0 Å². The smallest absolute Gasteiger partial charge is 0.118 e. The van der Waals surface area contributed by atoms with Gasteiger partial charge in [-0.1, -0.05) is 40.2 Å². The van der Waals surface area contributed by atoms with E-state index in [1.807, 2.05) is 19.2 Å². The zero-order valence-electron chi connectivity index (χ0n) is 11.9. The Morgan fingerprint density at radius 2 is 1.45 bits per heavy atom. The van der Waals surface area contributed by atoms with Crippen LogP contribution in [0.4, 0.5) is 0 Å². The summed E-state index contributed by atoms with van der Waals surface area (Å²) in [5.74, 6) is 0.905. The van der Waals surface area contributed by atoms with Crippen molar-refractivity contribution in [2.24, 2.45) is 0 Å². The standard InChI is InChI=1S/C17H20BrNO/c1-19-16(11-13-3-7-15(18)8-4-13)12-14-5-9-17(20-2)10-6-14/h3-10,16,19H,11-12H2,1-2H3. The third-order valence-corrected chi connectivity index (χ3v) is 3.97. The van der Waals surface area contributed by atoms with Gasteiger partial charge < -0.3 is 10.1 Å². The van der Waals surface area contributed by atoms with Gasteiger partial charge in [0.2, 0.25) is 0 Å². The lowest BCUT2D eigenvalue weighted by atomic mass is 9.99. The second-order valence-electron chi connectivity index (χ2n) is 4.87. The first-order chi connectivity index (χ1) is 9.71. The van der Waals surface area contributed by atoms with Gasteiger partial charge in [0.25, 0.3) is 0 Å². The quantitative estimate of drug-likeness (QED) is 0.867. The summed E-state index contributed by atoms with van der Waals surface area (Å²) in [5.41, 5.74) is 2.67. The molecule has 106 valence electrons. The molecule has 0 heterocycles. The van der Waals surface area contributed by atoms with Gasteiger partial charge >= 0.3 is 0 Å². The summed E-state index contributed by atoms with van der Waals surface area (Å²) < 4.78 is 6.31. The van der Waals surface area contributed by atoms with Crippen LogP contribution >= 0.6 is 15.9 Å². The molecule has 0 amide bonds. The van der Waals surface area contributed by atoms with E-state index in [0.717, 1.165) is 23.1 Å². The number of likely N-dealkylation sites (N-methyl/N-ethyl adjacent to an activating group) is 1. The Kier molecular flexibility index (Phi) is 5.62. The van der Waals surface area contributed by atoms with Crippen molar-refractivity contribution in [3.8, 4) is 5.75 Å². The Labute approximate surface area is 129 Å². The lowest BCUT2D eigenvalue weighted by Gasteiger charge is -2.16. The number of halogens is 1. The molecule has 1 atom stereocenters. The summed E-state index contributed by atoms with van der Waals surface area (Å²) in [6.07, 6.45) is 2.03. The van der Waals surface area contributed by atoms with Crippen LogP contribution in [0, 0.1) is 0 Å². The molecule has 0 bridgehead atoms. The van der Waals surface area contributed by atoms with Crippen molar-refractivity contribution < 1.29 is 4.74 Å². The summed E-state index contributed by atoms with van der Waals surface area (Å²) in [5, 5.41) is 3.40. The number of hydrogen-bond acceptors (Lipinski definition) is 2. The van der Waals surface area contributed by atoms with Gasteiger partial charge in [0, 0.05) is 10.5 Å². The topological polar surface area (TPSA) is 21.3 Å². The number of hydrogen-bond donors (Lipinski definition) is 1. The molecule has 2 aromatic rings. The molecule has 0 aliphatic heterocycles. The van der Waals surface area contributed by atoms with E-state index in [4.69, 9.17) is 4.74 Å². The fourth-order valence-corrected chi connectivity index (χ4v) is 2.49. The van der Waals surface area contributed by atoms with Crippen LogP contribution in [0.25, 0.3) is 0 Å². The van der Waals surface area contributed by atoms with Gasteiger partial charge in [-0.05, 0) is 55.3 Å². The first-order valence-corrected chi connectivity index (χ1v) is 7.55. The summed E-state index contributed by atoms with van der Waals surface area (Å²) in [6.45, 7) is 0. The predicted octanol–water partition coefficient (Wildman–Crippen LogP) is 3.83. The first kappa shape index (κ1) is 15.1. The minimum absolute atomic E-state index is 0.435. The molecule has 0 saturated carbocycles. The van der Waals surface area contributed by atoms with E-state index in [2.05, 4.69) is 57.6 Å². The highest BCUT2D eigenvalue weighted by Crippen LogP contribution is 2.16. The van der Waals surface area contributed by atoms with E-state index in [0.29, 0.717) is 6.04 Å². The van der Waals surface area contributed by atoms with Crippen molar-refractivity contribution in [1.82, 2.24) is 5.32 Å². The zero-order chi connectivity index (χ0) is 14.4. The average Bonchev–Trinajstić information content (AvgIpc) is 2.49. The molecule has 2 aromatic carbocycles. The average molecular weight is 334 g/mol. The maximum Gasteiger partial charge on any atom is 0.118 e. The van der Waals surface area contributed by atoms with Crippen molar-refractivity contribution in [2.75, 3.05) is 14.2 Å². The highest BCUT2D eigenvalue weighted by Gasteiger charge is 2.08. The van der Waals surface area contributed by atoms with Crippen molar-refractivity contribution in [3.63, 3.8) is 0 Å². The Bertz CT molecular complexity index is 522. The molecular formula is C17H20BrNO. The van der Waals surface area contributed by atoms with Gasteiger partial charge in [0.05, 0.1) is 7.11 Å². The zero-order valence-corrected chi connectivity index (χ0v) is 13.5. The normalized spacial score (nSPS) is 12.2. The molecular weight excluding hydrogens is 314 g/mol. The van der Waals surface area contributed by atoms with Gasteiger partial charge in [0.1, 0.15) is 5.75 Å². The highest BCUT2D eigenvalue weighted by atomic mass is 79.9. The third kappa shape index (κ3) is 4.36. The van der Waals surface area contributed by atoms with Crippen LogP contribution in [0.5, 0.6) is 5.75 Å². The minimum atomic E-state index is 0.435. The molecule has 0 saturated heterocycles. The van der Waals surface area contributed by atoms with Gasteiger partial charge in [-0.3, -0.25) is 0 Å². The molecule has 2 rings (SSSR count). The van der Waals surface area contributed by atoms with E-state index in [1.165, 1.54) is 11.1 Å². The largest absolute Gasteiger partial charge is 0.497 e. The fraction of sp³-hybridized carbons (Fsp3) is 0.294. The molecule has 0 aliphatic rings. The molecule has 0 fully saturated rings. The van der Waals surface area contributed by atoms with Crippen molar-refractivity contribution in [1.29, 1.82) is 0 Å². The monoisotopic (exact) mass is 333 g/mol. The molecule has 1 unspecified atom stereocenters. The molecule has 20 heavy (non-hydrogen) atoms. The lowest BCUT2D eigenvalue weighted by Crippen LogP contribution is -2.29. The SMILES string of the molecule is CNC(Cc1ccc(Br)cc1)Cc1ccc(OC)cc1. The lowest BCUT2D eigenvalue weighted by molar-refractivity contribution is 0.414. The Morgan fingerprint density at radius 3 is 1.90 bits per heavy atom.